The fraction of sp³-hybridized carbons (Fsp3) is 0.611. The third-order valence-corrected chi connectivity index (χ3v) is 5.51. The van der Waals surface area contributed by atoms with E-state index >= 15 is 0 Å². The van der Waals surface area contributed by atoms with Crippen molar-refractivity contribution >= 4 is 5.91 Å². The lowest BCUT2D eigenvalue weighted by Crippen LogP contribution is -2.40. The zero-order chi connectivity index (χ0) is 14.3. The van der Waals surface area contributed by atoms with Gasteiger partial charge >= 0.3 is 0 Å². The Morgan fingerprint density at radius 3 is 3.14 bits per heavy atom. The molecule has 2 aliphatic carbocycles. The Kier molecular flexibility index (Phi) is 3.26. The third kappa shape index (κ3) is 2.48. The summed E-state index contributed by atoms with van der Waals surface area (Å²) in [6.07, 6.45) is 7.62. The number of carbonyl (C=O) groups excluding carboxylic acids is 1. The molecule has 1 N–H and O–H groups in total. The number of hydrogen-bond donors (Lipinski definition) is 1. The lowest BCUT2D eigenvalue weighted by Gasteiger charge is -2.28. The number of ether oxygens (including phenoxy) is 1. The highest BCUT2D eigenvalue weighted by Gasteiger charge is 2.55. The van der Waals surface area contributed by atoms with E-state index in [9.17, 15) is 4.79 Å². The Morgan fingerprint density at radius 1 is 1.33 bits per heavy atom. The average Bonchev–Trinajstić information content (AvgIpc) is 3.21. The Balaban J connectivity index is 1.42. The van der Waals surface area contributed by atoms with E-state index in [1.807, 2.05) is 6.07 Å². The first-order valence-corrected chi connectivity index (χ1v) is 8.27. The second-order valence-electron chi connectivity index (χ2n) is 6.86. The van der Waals surface area contributed by atoms with Crippen LogP contribution in [-0.4, -0.2) is 18.1 Å². The molecule has 0 radical (unpaired) electrons. The highest BCUT2D eigenvalue weighted by molar-refractivity contribution is 5.78. The molecular formula is C18H23NO2. The van der Waals surface area contributed by atoms with Gasteiger partial charge in [-0.25, -0.2) is 0 Å². The monoisotopic (exact) mass is 285 g/mol. The minimum absolute atomic E-state index is 0.0628. The van der Waals surface area contributed by atoms with Crippen LogP contribution in [-0.2, 0) is 16.0 Å². The minimum Gasteiger partial charge on any atom is -0.373 e. The molecule has 3 aliphatic rings. The summed E-state index contributed by atoms with van der Waals surface area (Å²) < 4.78 is 5.85. The Labute approximate surface area is 126 Å². The van der Waals surface area contributed by atoms with Gasteiger partial charge in [0.15, 0.2) is 0 Å². The second kappa shape index (κ2) is 5.13. The van der Waals surface area contributed by atoms with Gasteiger partial charge in [-0.1, -0.05) is 37.1 Å². The lowest BCUT2D eigenvalue weighted by atomic mass is 9.93. The van der Waals surface area contributed by atoms with Crippen molar-refractivity contribution in [3.8, 4) is 0 Å². The summed E-state index contributed by atoms with van der Waals surface area (Å²) >= 11 is 0. The molecule has 2 saturated carbocycles. The summed E-state index contributed by atoms with van der Waals surface area (Å²) in [5.41, 5.74) is 2.69. The van der Waals surface area contributed by atoms with Crippen LogP contribution >= 0.6 is 0 Å². The van der Waals surface area contributed by atoms with Crippen LogP contribution in [0.5, 0.6) is 0 Å². The number of amides is 1. The van der Waals surface area contributed by atoms with Crippen LogP contribution in [0.1, 0.15) is 55.8 Å². The molecule has 4 rings (SSSR count). The molecule has 1 aliphatic heterocycles. The van der Waals surface area contributed by atoms with Crippen LogP contribution < -0.4 is 5.32 Å². The first-order valence-electron chi connectivity index (χ1n) is 8.27. The van der Waals surface area contributed by atoms with Gasteiger partial charge in [0.1, 0.15) is 0 Å². The quantitative estimate of drug-likeness (QED) is 0.926. The van der Waals surface area contributed by atoms with Gasteiger partial charge in [-0.2, -0.15) is 0 Å². The first-order chi connectivity index (χ1) is 10.3. The molecule has 1 amide bonds. The predicted octanol–water partition coefficient (Wildman–Crippen LogP) is 3.14. The number of nitrogens with one attached hydrogen (secondary N) is 1. The van der Waals surface area contributed by atoms with E-state index < -0.39 is 0 Å². The van der Waals surface area contributed by atoms with Crippen LogP contribution in [0.3, 0.4) is 0 Å². The number of rotatable bonds is 3. The molecule has 3 nitrogen and oxygen atoms in total. The Bertz CT molecular complexity index is 556. The van der Waals surface area contributed by atoms with E-state index in [0.717, 1.165) is 18.9 Å². The van der Waals surface area contributed by atoms with Crippen LogP contribution in [0.2, 0.25) is 0 Å². The molecule has 0 aromatic heterocycles. The van der Waals surface area contributed by atoms with Crippen LogP contribution in [0.25, 0.3) is 0 Å². The fourth-order valence-corrected chi connectivity index (χ4v) is 4.25. The highest BCUT2D eigenvalue weighted by atomic mass is 16.5. The molecule has 1 aromatic rings. The number of benzene rings is 1. The van der Waals surface area contributed by atoms with Crippen molar-refractivity contribution in [1.82, 2.24) is 5.32 Å². The zero-order valence-corrected chi connectivity index (χ0v) is 12.4. The van der Waals surface area contributed by atoms with Gasteiger partial charge in [0.05, 0.1) is 19.1 Å². The molecule has 3 unspecified atom stereocenters. The molecule has 0 bridgehead atoms. The van der Waals surface area contributed by atoms with Crippen molar-refractivity contribution in [2.24, 2.45) is 5.92 Å². The molecule has 1 heterocycles. The van der Waals surface area contributed by atoms with E-state index in [-0.39, 0.29) is 17.6 Å². The second-order valence-corrected chi connectivity index (χ2v) is 6.86. The van der Waals surface area contributed by atoms with Crippen LogP contribution in [0, 0.1) is 5.92 Å². The zero-order valence-electron chi connectivity index (χ0n) is 12.4. The molecule has 1 aromatic carbocycles. The SMILES string of the molecule is O=C(CC1OCCc2ccccc21)NC12CCCCC1C2. The van der Waals surface area contributed by atoms with Gasteiger partial charge in [0.25, 0.3) is 0 Å². The lowest BCUT2D eigenvalue weighted by molar-refractivity contribution is -0.125. The first kappa shape index (κ1) is 13.3. The maximum Gasteiger partial charge on any atom is 0.223 e. The van der Waals surface area contributed by atoms with E-state index in [1.54, 1.807) is 0 Å². The summed E-state index contributed by atoms with van der Waals surface area (Å²) in [4.78, 5) is 12.4. The molecule has 21 heavy (non-hydrogen) atoms. The molecule has 112 valence electrons. The topological polar surface area (TPSA) is 38.3 Å². The minimum atomic E-state index is -0.0628. The van der Waals surface area contributed by atoms with Crippen molar-refractivity contribution in [3.63, 3.8) is 0 Å². The molecule has 0 spiro atoms. The molecule has 0 saturated heterocycles. The summed E-state index contributed by atoms with van der Waals surface area (Å²) in [6.45, 7) is 0.725. The van der Waals surface area contributed by atoms with Gasteiger partial charge in [0, 0.05) is 5.54 Å². The Hall–Kier alpha value is -1.35. The van der Waals surface area contributed by atoms with Gasteiger partial charge in [0.2, 0.25) is 5.91 Å². The molecular weight excluding hydrogens is 262 g/mol. The summed E-state index contributed by atoms with van der Waals surface area (Å²) in [5.74, 6) is 0.913. The van der Waals surface area contributed by atoms with Gasteiger partial charge in [-0.05, 0) is 42.7 Å². The largest absolute Gasteiger partial charge is 0.373 e. The van der Waals surface area contributed by atoms with Crippen LogP contribution in [0.15, 0.2) is 24.3 Å². The summed E-state index contributed by atoms with van der Waals surface area (Å²) in [5, 5.41) is 3.33. The van der Waals surface area contributed by atoms with Gasteiger partial charge < -0.3 is 10.1 Å². The fourth-order valence-electron chi connectivity index (χ4n) is 4.25. The average molecular weight is 285 g/mol. The maximum absolute atomic E-state index is 12.4. The third-order valence-electron chi connectivity index (χ3n) is 5.51. The van der Waals surface area contributed by atoms with E-state index in [4.69, 9.17) is 4.74 Å². The van der Waals surface area contributed by atoms with Crippen LogP contribution in [0.4, 0.5) is 0 Å². The predicted molar refractivity (Wildman–Crippen MR) is 80.9 cm³/mol. The van der Waals surface area contributed by atoms with Crippen molar-refractivity contribution in [1.29, 1.82) is 0 Å². The number of carbonyl (C=O) groups is 1. The van der Waals surface area contributed by atoms with Gasteiger partial charge in [-0.15, -0.1) is 0 Å². The molecule has 2 fully saturated rings. The standard InChI is InChI=1S/C18H23NO2/c20-17(19-18-9-4-3-6-14(18)12-18)11-16-15-7-2-1-5-13(15)8-10-21-16/h1-2,5,7,14,16H,3-4,6,8-12H2,(H,19,20). The summed E-state index contributed by atoms with van der Waals surface area (Å²) in [7, 11) is 0. The highest BCUT2D eigenvalue weighted by Crippen LogP contribution is 2.53. The normalized spacial score (nSPS) is 33.7. The van der Waals surface area contributed by atoms with E-state index in [1.165, 1.54) is 43.2 Å². The molecule has 3 atom stereocenters. The maximum atomic E-state index is 12.4. The van der Waals surface area contributed by atoms with Crippen molar-refractivity contribution in [3.05, 3.63) is 35.4 Å². The number of hydrogen-bond acceptors (Lipinski definition) is 2. The van der Waals surface area contributed by atoms with E-state index in [2.05, 4.69) is 23.5 Å². The smallest absolute Gasteiger partial charge is 0.223 e. The van der Waals surface area contributed by atoms with Crippen molar-refractivity contribution in [2.75, 3.05) is 6.61 Å². The van der Waals surface area contributed by atoms with E-state index in [0.29, 0.717) is 6.42 Å². The number of fused-ring (bicyclic) bond motifs is 2. The van der Waals surface area contributed by atoms with Gasteiger partial charge in [-0.3, -0.25) is 4.79 Å². The Morgan fingerprint density at radius 2 is 2.24 bits per heavy atom. The van der Waals surface area contributed by atoms with Crippen molar-refractivity contribution in [2.45, 2.75) is 56.6 Å². The summed E-state index contributed by atoms with van der Waals surface area (Å²) in [6, 6.07) is 8.36. The molecule has 3 heteroatoms. The van der Waals surface area contributed by atoms with Crippen molar-refractivity contribution < 1.29 is 9.53 Å².